The first-order chi connectivity index (χ1) is 11.6. The number of aromatic hydroxyl groups is 2. The molecule has 0 fully saturated rings. The lowest BCUT2D eigenvalue weighted by Gasteiger charge is -2.22. The molecule has 2 aliphatic rings. The predicted octanol–water partition coefficient (Wildman–Crippen LogP) is 2.73. The van der Waals surface area contributed by atoms with Gasteiger partial charge in [0, 0.05) is 6.92 Å². The van der Waals surface area contributed by atoms with Crippen LogP contribution in [0.5, 0.6) is 11.8 Å². The van der Waals surface area contributed by atoms with E-state index in [1.54, 1.807) is 0 Å². The maximum Gasteiger partial charge on any atom is 0.302 e. The number of ether oxygens (including phenoxy) is 2. The molecule has 6 heteroatoms. The lowest BCUT2D eigenvalue weighted by molar-refractivity contribution is -0.141. The van der Waals surface area contributed by atoms with Crippen LogP contribution >= 0.6 is 0 Å². The quantitative estimate of drug-likeness (QED) is 0.666. The number of esters is 1. The summed E-state index contributed by atoms with van der Waals surface area (Å²) in [6, 6.07) is 8.79. The molecule has 0 amide bonds. The number of aromatic nitrogens is 1. The summed E-state index contributed by atoms with van der Waals surface area (Å²) in [7, 11) is 0. The van der Waals surface area contributed by atoms with Gasteiger partial charge in [0.05, 0.1) is 17.2 Å². The lowest BCUT2D eigenvalue weighted by Crippen LogP contribution is -2.18. The third-order valence-electron chi connectivity index (χ3n) is 4.49. The highest BCUT2D eigenvalue weighted by Crippen LogP contribution is 2.55. The molecule has 6 nitrogen and oxygen atoms in total. The summed E-state index contributed by atoms with van der Waals surface area (Å²) >= 11 is 0. The van der Waals surface area contributed by atoms with Gasteiger partial charge in [0.25, 0.3) is 0 Å². The van der Waals surface area contributed by atoms with Gasteiger partial charge in [0.2, 0.25) is 11.8 Å². The highest BCUT2D eigenvalue weighted by Gasteiger charge is 2.43. The van der Waals surface area contributed by atoms with Gasteiger partial charge < -0.3 is 19.7 Å². The molecule has 4 rings (SSSR count). The van der Waals surface area contributed by atoms with Gasteiger partial charge in [-0.1, -0.05) is 42.5 Å². The van der Waals surface area contributed by atoms with Crippen molar-refractivity contribution in [2.24, 2.45) is 0 Å². The molecule has 1 aromatic heterocycles. The van der Waals surface area contributed by atoms with Crippen LogP contribution in [0.3, 0.4) is 0 Å². The van der Waals surface area contributed by atoms with E-state index in [2.05, 4.69) is 0 Å². The first-order valence-electron chi connectivity index (χ1n) is 7.76. The molecule has 0 saturated heterocycles. The van der Waals surface area contributed by atoms with Crippen molar-refractivity contribution in [1.82, 2.24) is 4.57 Å². The van der Waals surface area contributed by atoms with E-state index in [0.29, 0.717) is 11.1 Å². The fraction of sp³-hybridized carbons (Fsp3) is 0.278. The average Bonchev–Trinajstić information content (AvgIpc) is 3.25. The Kier molecular flexibility index (Phi) is 3.35. The highest BCUT2D eigenvalue weighted by molar-refractivity contribution is 5.66. The van der Waals surface area contributed by atoms with Crippen LogP contribution in [-0.4, -0.2) is 27.4 Å². The Balaban J connectivity index is 1.81. The topological polar surface area (TPSA) is 80.9 Å². The number of nitrogens with zero attached hydrogens (tertiary/aromatic N) is 1. The monoisotopic (exact) mass is 327 g/mol. The summed E-state index contributed by atoms with van der Waals surface area (Å²) in [5.74, 6) is -0.527. The van der Waals surface area contributed by atoms with Crippen LogP contribution in [0.4, 0.5) is 0 Å². The van der Waals surface area contributed by atoms with Gasteiger partial charge in [-0.05, 0) is 5.56 Å². The predicted molar refractivity (Wildman–Crippen MR) is 84.7 cm³/mol. The van der Waals surface area contributed by atoms with Crippen LogP contribution in [0.25, 0.3) is 0 Å². The molecule has 3 heterocycles. The molecule has 0 saturated carbocycles. The second-order valence-corrected chi connectivity index (χ2v) is 5.94. The largest absolute Gasteiger partial charge is 0.494 e. The van der Waals surface area contributed by atoms with Gasteiger partial charge in [0.15, 0.2) is 0 Å². The van der Waals surface area contributed by atoms with E-state index in [4.69, 9.17) is 9.47 Å². The Labute approximate surface area is 138 Å². The zero-order chi connectivity index (χ0) is 16.8. The fourth-order valence-electron chi connectivity index (χ4n) is 3.43. The minimum atomic E-state index is -0.528. The third kappa shape index (κ3) is 2.11. The number of carbonyl (C=O) groups excluding carboxylic acids is 1. The van der Waals surface area contributed by atoms with Crippen molar-refractivity contribution in [1.29, 1.82) is 0 Å². The number of carbonyl (C=O) groups is 1. The van der Waals surface area contributed by atoms with Crippen LogP contribution in [0.2, 0.25) is 0 Å². The van der Waals surface area contributed by atoms with E-state index in [1.807, 2.05) is 42.5 Å². The van der Waals surface area contributed by atoms with E-state index in [1.165, 1.54) is 11.5 Å². The van der Waals surface area contributed by atoms with Crippen molar-refractivity contribution in [3.8, 4) is 11.8 Å². The summed E-state index contributed by atoms with van der Waals surface area (Å²) in [5, 5.41) is 21.4. The highest BCUT2D eigenvalue weighted by atomic mass is 16.5. The molecule has 1 aromatic carbocycles. The van der Waals surface area contributed by atoms with Crippen molar-refractivity contribution >= 4 is 5.97 Å². The van der Waals surface area contributed by atoms with Crippen LogP contribution < -0.4 is 0 Å². The Hall–Kier alpha value is -2.73. The van der Waals surface area contributed by atoms with Crippen molar-refractivity contribution < 1.29 is 24.5 Å². The zero-order valence-corrected chi connectivity index (χ0v) is 13.0. The molecule has 24 heavy (non-hydrogen) atoms. The molecule has 3 atom stereocenters. The number of fused-ring (bicyclic) bond motifs is 5. The first kappa shape index (κ1) is 14.8. The van der Waals surface area contributed by atoms with E-state index in [-0.39, 0.29) is 30.6 Å². The molecule has 2 aliphatic heterocycles. The molecule has 0 aliphatic carbocycles. The number of rotatable bonds is 4. The van der Waals surface area contributed by atoms with Gasteiger partial charge in [-0.15, -0.1) is 0 Å². The van der Waals surface area contributed by atoms with E-state index in [9.17, 15) is 15.0 Å². The van der Waals surface area contributed by atoms with Crippen LogP contribution in [0.15, 0.2) is 42.5 Å². The first-order valence-corrected chi connectivity index (χ1v) is 7.76. The second kappa shape index (κ2) is 5.42. The zero-order valence-electron chi connectivity index (χ0n) is 13.0. The number of hydrogen-bond acceptors (Lipinski definition) is 5. The molecule has 0 spiro atoms. The van der Waals surface area contributed by atoms with Crippen LogP contribution in [0.1, 0.15) is 41.9 Å². The molecule has 2 bridgehead atoms. The minimum Gasteiger partial charge on any atom is -0.494 e. The van der Waals surface area contributed by atoms with Crippen molar-refractivity contribution in [2.45, 2.75) is 25.2 Å². The van der Waals surface area contributed by atoms with E-state index < -0.39 is 12.0 Å². The Bertz CT molecular complexity index is 788. The van der Waals surface area contributed by atoms with Gasteiger partial charge >= 0.3 is 5.97 Å². The Morgan fingerprint density at radius 3 is 2.29 bits per heavy atom. The van der Waals surface area contributed by atoms with Crippen LogP contribution in [-0.2, 0) is 14.3 Å². The summed E-state index contributed by atoms with van der Waals surface area (Å²) in [5.41, 5.74) is 1.99. The molecule has 0 radical (unpaired) electrons. The summed E-state index contributed by atoms with van der Waals surface area (Å²) < 4.78 is 12.2. The number of hydrogen-bond donors (Lipinski definition) is 2. The number of benzene rings is 1. The Morgan fingerprint density at radius 2 is 1.75 bits per heavy atom. The summed E-state index contributed by atoms with van der Waals surface area (Å²) in [6.07, 6.45) is 3.03. The molecular formula is C18H17NO5. The van der Waals surface area contributed by atoms with Crippen molar-refractivity contribution in [2.75, 3.05) is 6.61 Å². The second-order valence-electron chi connectivity index (χ2n) is 5.94. The summed E-state index contributed by atoms with van der Waals surface area (Å²) in [4.78, 5) is 11.2. The summed E-state index contributed by atoms with van der Waals surface area (Å²) in [6.45, 7) is 1.34. The standard InChI is InChI=1S/C18H17NO5/c1-10(20)23-9-12(11-5-3-2-4-6-11)19-17(21)15-13-7-8-14(24-13)16(15)18(19)22/h2-8,12-14,21-22H,9H2,1H3. The average molecular weight is 327 g/mol. The van der Waals surface area contributed by atoms with Gasteiger partial charge in [-0.2, -0.15) is 0 Å². The van der Waals surface area contributed by atoms with Gasteiger partial charge in [-0.3, -0.25) is 9.36 Å². The molecular weight excluding hydrogens is 310 g/mol. The minimum absolute atomic E-state index is 0.0116. The maximum absolute atomic E-state index is 11.2. The molecule has 2 aromatic rings. The SMILES string of the molecule is CC(=O)OCC(c1ccccc1)n1c(O)c2c(c1O)C1C=CC2O1. The molecule has 124 valence electrons. The molecule has 3 unspecified atom stereocenters. The van der Waals surface area contributed by atoms with E-state index in [0.717, 1.165) is 5.56 Å². The normalized spacial score (nSPS) is 21.7. The molecule has 2 N–H and O–H groups in total. The van der Waals surface area contributed by atoms with Gasteiger partial charge in [0.1, 0.15) is 18.8 Å². The fourth-order valence-corrected chi connectivity index (χ4v) is 3.43. The smallest absolute Gasteiger partial charge is 0.302 e. The van der Waals surface area contributed by atoms with Crippen molar-refractivity contribution in [3.05, 3.63) is 59.2 Å². The van der Waals surface area contributed by atoms with Crippen molar-refractivity contribution in [3.63, 3.8) is 0 Å². The third-order valence-corrected chi connectivity index (χ3v) is 4.49. The maximum atomic E-state index is 11.2. The lowest BCUT2D eigenvalue weighted by atomic mass is 10.0. The Morgan fingerprint density at radius 1 is 1.17 bits per heavy atom. The van der Waals surface area contributed by atoms with Crippen LogP contribution in [0, 0.1) is 0 Å². The van der Waals surface area contributed by atoms with Gasteiger partial charge in [-0.25, -0.2) is 0 Å². The van der Waals surface area contributed by atoms with E-state index >= 15 is 0 Å².